The molecule has 2 rings (SSSR count). The Balaban J connectivity index is 2.37. The molecule has 0 radical (unpaired) electrons. The van der Waals surface area contributed by atoms with E-state index in [0.717, 1.165) is 17.8 Å². The molecule has 0 N–H and O–H groups in total. The van der Waals surface area contributed by atoms with Crippen molar-refractivity contribution in [2.45, 2.75) is 17.1 Å². The van der Waals surface area contributed by atoms with Gasteiger partial charge >= 0.3 is 0 Å². The summed E-state index contributed by atoms with van der Waals surface area (Å²) in [6.45, 7) is 2.01. The number of hydrogen-bond donors (Lipinski definition) is 0. The topological polar surface area (TPSA) is 51.8 Å². The molecule has 0 aromatic carbocycles. The Morgan fingerprint density at radius 1 is 1.37 bits per heavy atom. The molecule has 19 heavy (non-hydrogen) atoms. The number of aromatic nitrogens is 3. The van der Waals surface area contributed by atoms with Crippen molar-refractivity contribution in [3.05, 3.63) is 42.1 Å². The molecule has 0 fully saturated rings. The van der Waals surface area contributed by atoms with E-state index in [9.17, 15) is 0 Å². The van der Waals surface area contributed by atoms with Gasteiger partial charge in [0.25, 0.3) is 0 Å². The summed E-state index contributed by atoms with van der Waals surface area (Å²) in [5, 5.41) is 0. The Morgan fingerprint density at radius 3 is 2.74 bits per heavy atom. The molecular weight excluding hydrogens is 309 g/mol. The van der Waals surface area contributed by atoms with E-state index in [0.29, 0.717) is 5.82 Å². The zero-order chi connectivity index (χ0) is 13.9. The van der Waals surface area contributed by atoms with E-state index in [-0.39, 0.29) is 5.82 Å². The fraction of sp³-hybridized carbons (Fsp3) is 0.250. The van der Waals surface area contributed by atoms with Crippen LogP contribution in [-0.2, 0) is 3.79 Å². The largest absolute Gasteiger partial charge is 0.465 e. The maximum absolute atomic E-state index is 5.74. The van der Waals surface area contributed by atoms with Crippen molar-refractivity contribution in [1.82, 2.24) is 15.0 Å². The molecule has 0 saturated heterocycles. The normalized spacial score (nSPS) is 12.7. The number of rotatable bonds is 3. The molecule has 0 unspecified atom stereocenters. The van der Waals surface area contributed by atoms with Crippen molar-refractivity contribution < 1.29 is 4.42 Å². The lowest BCUT2D eigenvalue weighted by atomic mass is 10.1. The van der Waals surface area contributed by atoms with Crippen LogP contribution < -0.4 is 0 Å². The van der Waals surface area contributed by atoms with Crippen molar-refractivity contribution in [3.63, 3.8) is 0 Å². The molecule has 0 saturated carbocycles. The molecule has 0 atom stereocenters. The predicted molar refractivity (Wildman–Crippen MR) is 75.9 cm³/mol. The van der Waals surface area contributed by atoms with Gasteiger partial charge in [0.1, 0.15) is 12.1 Å². The third kappa shape index (κ3) is 3.69. The van der Waals surface area contributed by atoms with Gasteiger partial charge in [0, 0.05) is 0 Å². The molecule has 2 heterocycles. The smallest absolute Gasteiger partial charge is 0.250 e. The summed E-state index contributed by atoms with van der Waals surface area (Å²) >= 11 is 17.2. The van der Waals surface area contributed by atoms with E-state index >= 15 is 0 Å². The molecule has 0 spiro atoms. The summed E-state index contributed by atoms with van der Waals surface area (Å²) < 4.78 is 3.67. The minimum absolute atomic E-state index is 0.0913. The van der Waals surface area contributed by atoms with E-state index in [1.54, 1.807) is 12.3 Å². The van der Waals surface area contributed by atoms with Gasteiger partial charge in [0.05, 0.1) is 6.26 Å². The summed E-state index contributed by atoms with van der Waals surface area (Å²) in [4.78, 5) is 12.0. The second-order valence-electron chi connectivity index (χ2n) is 3.67. The highest BCUT2D eigenvalue weighted by molar-refractivity contribution is 6.66. The van der Waals surface area contributed by atoms with Gasteiger partial charge in [0.2, 0.25) is 3.79 Å². The molecule has 4 nitrogen and oxygen atoms in total. The van der Waals surface area contributed by atoms with Gasteiger partial charge in [-0.3, -0.25) is 0 Å². The fourth-order valence-corrected chi connectivity index (χ4v) is 1.75. The Labute approximate surface area is 125 Å². The minimum atomic E-state index is -1.66. The number of hydrogen-bond acceptors (Lipinski definition) is 4. The molecule has 100 valence electrons. The van der Waals surface area contributed by atoms with E-state index in [1.807, 2.05) is 19.1 Å². The van der Waals surface area contributed by atoms with E-state index in [2.05, 4.69) is 15.0 Å². The van der Waals surface area contributed by atoms with Crippen LogP contribution in [0.5, 0.6) is 0 Å². The molecule has 0 aliphatic rings. The number of allylic oxidation sites excluding steroid dienone is 1. The second-order valence-corrected chi connectivity index (χ2v) is 5.95. The maximum Gasteiger partial charge on any atom is 0.250 e. The summed E-state index contributed by atoms with van der Waals surface area (Å²) in [7, 11) is 0. The number of furan rings is 1. The van der Waals surface area contributed by atoms with Crippen LogP contribution in [0.4, 0.5) is 0 Å². The van der Waals surface area contributed by atoms with E-state index in [4.69, 9.17) is 39.2 Å². The molecule has 0 aliphatic carbocycles. The molecule has 0 bridgehead atoms. The first kappa shape index (κ1) is 14.3. The third-order valence-electron chi connectivity index (χ3n) is 2.37. The number of halogens is 3. The van der Waals surface area contributed by atoms with Crippen LogP contribution in [0.25, 0.3) is 11.6 Å². The van der Waals surface area contributed by atoms with Gasteiger partial charge in [0.15, 0.2) is 11.6 Å². The zero-order valence-electron chi connectivity index (χ0n) is 9.98. The highest BCUT2D eigenvalue weighted by Crippen LogP contribution is 2.35. The van der Waals surface area contributed by atoms with Crippen LogP contribution >= 0.6 is 34.8 Å². The Morgan fingerprint density at radius 2 is 2.16 bits per heavy atom. The van der Waals surface area contributed by atoms with E-state index < -0.39 is 3.79 Å². The molecule has 0 aliphatic heterocycles. The fourth-order valence-electron chi connectivity index (χ4n) is 1.48. The lowest BCUT2D eigenvalue weighted by Crippen LogP contribution is -2.08. The first-order chi connectivity index (χ1) is 9.00. The predicted octanol–water partition coefficient (Wildman–Crippen LogP) is 4.24. The van der Waals surface area contributed by atoms with Crippen molar-refractivity contribution in [3.8, 4) is 0 Å². The Kier molecular flexibility index (Phi) is 4.45. The van der Waals surface area contributed by atoms with Crippen LogP contribution in [0.1, 0.15) is 30.8 Å². The summed E-state index contributed by atoms with van der Waals surface area (Å²) in [5.41, 5.74) is 0.950. The van der Waals surface area contributed by atoms with Crippen LogP contribution in [0.3, 0.4) is 0 Å². The Bertz CT molecular complexity index is 576. The maximum atomic E-state index is 5.74. The van der Waals surface area contributed by atoms with Crippen molar-refractivity contribution in [1.29, 1.82) is 0 Å². The van der Waals surface area contributed by atoms with Gasteiger partial charge in [-0.15, -0.1) is 0 Å². The van der Waals surface area contributed by atoms with Gasteiger partial charge in [-0.1, -0.05) is 41.7 Å². The molecule has 2 aromatic rings. The number of alkyl halides is 3. The minimum Gasteiger partial charge on any atom is -0.465 e. The summed E-state index contributed by atoms with van der Waals surface area (Å²) in [6, 6.07) is 3.69. The molecule has 2 aromatic heterocycles. The lowest BCUT2D eigenvalue weighted by Gasteiger charge is -2.08. The average Bonchev–Trinajstić information content (AvgIpc) is 2.89. The third-order valence-corrected chi connectivity index (χ3v) is 2.87. The standard InChI is InChI=1S/C12H10Cl3N3O/c1-2-8(9-4-3-5-19-9)6-10-16-7-17-11(18-10)12(13,14)15/h3-7H,2H2,1H3. The zero-order valence-corrected chi connectivity index (χ0v) is 12.2. The van der Waals surface area contributed by atoms with Gasteiger partial charge < -0.3 is 4.42 Å². The van der Waals surface area contributed by atoms with Crippen molar-refractivity contribution >= 4 is 46.5 Å². The van der Waals surface area contributed by atoms with Crippen molar-refractivity contribution in [2.24, 2.45) is 0 Å². The van der Waals surface area contributed by atoms with Crippen LogP contribution in [0, 0.1) is 0 Å². The summed E-state index contributed by atoms with van der Waals surface area (Å²) in [5.74, 6) is 1.27. The number of nitrogens with zero attached hydrogens (tertiary/aromatic N) is 3. The molecular formula is C12H10Cl3N3O. The summed E-state index contributed by atoms with van der Waals surface area (Å²) in [6.07, 6.45) is 5.47. The average molecular weight is 319 g/mol. The first-order valence-electron chi connectivity index (χ1n) is 5.51. The van der Waals surface area contributed by atoms with Crippen LogP contribution in [0.2, 0.25) is 0 Å². The van der Waals surface area contributed by atoms with Crippen LogP contribution in [0.15, 0.2) is 29.1 Å². The highest BCUT2D eigenvalue weighted by atomic mass is 35.6. The first-order valence-corrected chi connectivity index (χ1v) is 6.64. The van der Waals surface area contributed by atoms with Gasteiger partial charge in [-0.25, -0.2) is 15.0 Å². The van der Waals surface area contributed by atoms with Gasteiger partial charge in [-0.2, -0.15) is 0 Å². The SMILES string of the molecule is CCC(=Cc1ncnc(C(Cl)(Cl)Cl)n1)c1ccco1. The lowest BCUT2D eigenvalue weighted by molar-refractivity contribution is 0.551. The second kappa shape index (κ2) is 5.90. The Hall–Kier alpha value is -1.10. The van der Waals surface area contributed by atoms with Crippen LogP contribution in [-0.4, -0.2) is 15.0 Å². The monoisotopic (exact) mass is 317 g/mol. The quantitative estimate of drug-likeness (QED) is 0.794. The molecule has 7 heteroatoms. The van der Waals surface area contributed by atoms with E-state index in [1.165, 1.54) is 6.33 Å². The highest BCUT2D eigenvalue weighted by Gasteiger charge is 2.26. The van der Waals surface area contributed by atoms with Crippen molar-refractivity contribution in [2.75, 3.05) is 0 Å². The van der Waals surface area contributed by atoms with Gasteiger partial charge in [-0.05, 0) is 30.2 Å². The molecule has 0 amide bonds.